The maximum absolute atomic E-state index is 13.6. The molecule has 0 saturated heterocycles. The molecular formula is C22H17F3N2O2. The van der Waals surface area contributed by atoms with E-state index in [1.165, 1.54) is 36.4 Å². The fraction of sp³-hybridized carbons (Fsp3) is 0.0909. The first-order valence-corrected chi connectivity index (χ1v) is 8.81. The Morgan fingerprint density at radius 1 is 0.724 bits per heavy atom. The zero-order chi connectivity index (χ0) is 20.8. The molecule has 0 unspecified atom stereocenters. The van der Waals surface area contributed by atoms with E-state index in [1.54, 1.807) is 12.1 Å². The summed E-state index contributed by atoms with van der Waals surface area (Å²) in [5, 5.41) is 5.10. The largest absolute Gasteiger partial charge is 0.352 e. The molecule has 0 spiro atoms. The molecule has 29 heavy (non-hydrogen) atoms. The second-order valence-corrected chi connectivity index (χ2v) is 6.29. The van der Waals surface area contributed by atoms with Gasteiger partial charge < -0.3 is 10.6 Å². The molecule has 148 valence electrons. The molecule has 0 atom stereocenters. The van der Waals surface area contributed by atoms with Gasteiger partial charge in [-0.3, -0.25) is 9.59 Å². The minimum atomic E-state index is -0.879. The van der Waals surface area contributed by atoms with Crippen LogP contribution in [0.5, 0.6) is 0 Å². The standard InChI is InChI=1S/C22H17F3N2O2/c23-17-7-1-14(2-8-17)11-12-26-21(28)15-3-5-16(6-4-15)22(29)27-20-10-9-18(24)13-19(20)25/h1-10,13H,11-12H2,(H,26,28)(H,27,29). The zero-order valence-corrected chi connectivity index (χ0v) is 15.2. The van der Waals surface area contributed by atoms with Crippen molar-refractivity contribution in [3.8, 4) is 0 Å². The van der Waals surface area contributed by atoms with Gasteiger partial charge in [-0.2, -0.15) is 0 Å². The SMILES string of the molecule is O=C(NCCc1ccc(F)cc1)c1ccc(C(=O)Nc2ccc(F)cc2F)cc1. The highest BCUT2D eigenvalue weighted by molar-refractivity contribution is 6.05. The minimum absolute atomic E-state index is 0.140. The predicted octanol–water partition coefficient (Wildman–Crippen LogP) is 4.33. The van der Waals surface area contributed by atoms with E-state index in [2.05, 4.69) is 10.6 Å². The van der Waals surface area contributed by atoms with E-state index >= 15 is 0 Å². The molecule has 0 saturated carbocycles. The Bertz CT molecular complexity index is 1020. The molecule has 0 aliphatic carbocycles. The average molecular weight is 398 g/mol. The lowest BCUT2D eigenvalue weighted by Crippen LogP contribution is -2.25. The van der Waals surface area contributed by atoms with Gasteiger partial charge in [0.2, 0.25) is 0 Å². The Morgan fingerprint density at radius 3 is 1.93 bits per heavy atom. The van der Waals surface area contributed by atoms with E-state index in [1.807, 2.05) is 0 Å². The number of benzene rings is 3. The number of carbonyl (C=O) groups is 2. The summed E-state index contributed by atoms with van der Waals surface area (Å²) in [6.45, 7) is 0.372. The molecule has 0 aromatic heterocycles. The summed E-state index contributed by atoms with van der Waals surface area (Å²) in [5.41, 5.74) is 1.33. The molecule has 2 N–H and O–H groups in total. The van der Waals surface area contributed by atoms with Gasteiger partial charge in [0, 0.05) is 23.7 Å². The number of amides is 2. The molecule has 0 radical (unpaired) electrons. The smallest absolute Gasteiger partial charge is 0.255 e. The summed E-state index contributed by atoms with van der Waals surface area (Å²) in [5.74, 6) is -2.84. The van der Waals surface area contributed by atoms with Gasteiger partial charge in [0.15, 0.2) is 0 Å². The number of anilines is 1. The van der Waals surface area contributed by atoms with Gasteiger partial charge in [0.25, 0.3) is 11.8 Å². The van der Waals surface area contributed by atoms with Crippen LogP contribution in [-0.2, 0) is 6.42 Å². The van der Waals surface area contributed by atoms with Crippen molar-refractivity contribution in [1.82, 2.24) is 5.32 Å². The first-order valence-electron chi connectivity index (χ1n) is 8.81. The number of nitrogens with one attached hydrogen (secondary N) is 2. The Labute approximate surface area is 165 Å². The maximum Gasteiger partial charge on any atom is 0.255 e. The normalized spacial score (nSPS) is 10.4. The highest BCUT2D eigenvalue weighted by Gasteiger charge is 2.11. The molecule has 0 bridgehead atoms. The summed E-state index contributed by atoms with van der Waals surface area (Å²) < 4.78 is 39.4. The summed E-state index contributed by atoms with van der Waals surface area (Å²) in [7, 11) is 0. The van der Waals surface area contributed by atoms with Crippen LogP contribution in [-0.4, -0.2) is 18.4 Å². The topological polar surface area (TPSA) is 58.2 Å². The summed E-state index contributed by atoms with van der Waals surface area (Å²) in [6, 6.07) is 14.7. The van der Waals surface area contributed by atoms with E-state index in [0.717, 1.165) is 17.7 Å². The number of hydrogen-bond donors (Lipinski definition) is 2. The van der Waals surface area contributed by atoms with Crippen molar-refractivity contribution < 1.29 is 22.8 Å². The molecule has 3 aromatic carbocycles. The second kappa shape index (κ2) is 9.05. The lowest BCUT2D eigenvalue weighted by atomic mass is 10.1. The van der Waals surface area contributed by atoms with Crippen LogP contribution in [0, 0.1) is 17.5 Å². The molecule has 0 aliphatic heterocycles. The summed E-state index contributed by atoms with van der Waals surface area (Å²) in [4.78, 5) is 24.4. The van der Waals surface area contributed by atoms with E-state index in [4.69, 9.17) is 0 Å². The van der Waals surface area contributed by atoms with Crippen LogP contribution in [0.25, 0.3) is 0 Å². The van der Waals surface area contributed by atoms with Crippen LogP contribution >= 0.6 is 0 Å². The van der Waals surface area contributed by atoms with Crippen LogP contribution in [0.3, 0.4) is 0 Å². The third-order valence-electron chi connectivity index (χ3n) is 4.20. The Balaban J connectivity index is 1.55. The van der Waals surface area contributed by atoms with E-state index in [0.29, 0.717) is 24.6 Å². The Morgan fingerprint density at radius 2 is 1.31 bits per heavy atom. The van der Waals surface area contributed by atoms with Gasteiger partial charge in [-0.1, -0.05) is 12.1 Å². The third kappa shape index (κ3) is 5.44. The van der Waals surface area contributed by atoms with E-state index in [-0.39, 0.29) is 23.0 Å². The van der Waals surface area contributed by atoms with Gasteiger partial charge in [-0.05, 0) is 60.5 Å². The van der Waals surface area contributed by atoms with Crippen LogP contribution in [0.1, 0.15) is 26.3 Å². The van der Waals surface area contributed by atoms with Gasteiger partial charge >= 0.3 is 0 Å². The fourth-order valence-electron chi connectivity index (χ4n) is 2.63. The second-order valence-electron chi connectivity index (χ2n) is 6.29. The maximum atomic E-state index is 13.6. The number of rotatable bonds is 6. The van der Waals surface area contributed by atoms with Gasteiger partial charge in [0.05, 0.1) is 5.69 Å². The quantitative estimate of drug-likeness (QED) is 0.649. The van der Waals surface area contributed by atoms with Crippen LogP contribution in [0.4, 0.5) is 18.9 Å². The van der Waals surface area contributed by atoms with Crippen molar-refractivity contribution in [2.24, 2.45) is 0 Å². The van der Waals surface area contributed by atoms with Crippen molar-refractivity contribution in [3.63, 3.8) is 0 Å². The predicted molar refractivity (Wildman–Crippen MR) is 103 cm³/mol. The van der Waals surface area contributed by atoms with Crippen molar-refractivity contribution in [1.29, 1.82) is 0 Å². The van der Waals surface area contributed by atoms with Gasteiger partial charge in [0.1, 0.15) is 17.5 Å². The van der Waals surface area contributed by atoms with Gasteiger partial charge in [-0.15, -0.1) is 0 Å². The first-order chi connectivity index (χ1) is 13.9. The Kier molecular flexibility index (Phi) is 6.29. The molecule has 0 fully saturated rings. The lowest BCUT2D eigenvalue weighted by Gasteiger charge is -2.08. The molecular weight excluding hydrogens is 381 g/mol. The summed E-state index contributed by atoms with van der Waals surface area (Å²) >= 11 is 0. The number of hydrogen-bond acceptors (Lipinski definition) is 2. The molecule has 4 nitrogen and oxygen atoms in total. The summed E-state index contributed by atoms with van der Waals surface area (Å²) in [6.07, 6.45) is 0.551. The minimum Gasteiger partial charge on any atom is -0.352 e. The highest BCUT2D eigenvalue weighted by Crippen LogP contribution is 2.16. The molecule has 0 heterocycles. The van der Waals surface area contributed by atoms with Crippen molar-refractivity contribution in [3.05, 3.63) is 101 Å². The first kappa shape index (κ1) is 20.1. The molecule has 0 aliphatic rings. The monoisotopic (exact) mass is 398 g/mol. The van der Waals surface area contributed by atoms with Crippen LogP contribution in [0.15, 0.2) is 66.7 Å². The number of carbonyl (C=O) groups excluding carboxylic acids is 2. The van der Waals surface area contributed by atoms with E-state index < -0.39 is 17.5 Å². The highest BCUT2D eigenvalue weighted by atomic mass is 19.1. The Hall–Kier alpha value is -3.61. The van der Waals surface area contributed by atoms with Crippen molar-refractivity contribution in [2.75, 3.05) is 11.9 Å². The molecule has 7 heteroatoms. The lowest BCUT2D eigenvalue weighted by molar-refractivity contribution is 0.0952. The van der Waals surface area contributed by atoms with Crippen LogP contribution in [0.2, 0.25) is 0 Å². The molecule has 3 aromatic rings. The fourth-order valence-corrected chi connectivity index (χ4v) is 2.63. The zero-order valence-electron chi connectivity index (χ0n) is 15.2. The third-order valence-corrected chi connectivity index (χ3v) is 4.20. The average Bonchev–Trinajstić information content (AvgIpc) is 2.71. The van der Waals surface area contributed by atoms with Crippen molar-refractivity contribution in [2.45, 2.75) is 6.42 Å². The molecule has 2 amide bonds. The number of halogens is 3. The van der Waals surface area contributed by atoms with Crippen molar-refractivity contribution >= 4 is 17.5 Å². The van der Waals surface area contributed by atoms with E-state index in [9.17, 15) is 22.8 Å². The molecule has 3 rings (SSSR count). The van der Waals surface area contributed by atoms with Crippen LogP contribution < -0.4 is 10.6 Å². The van der Waals surface area contributed by atoms with Gasteiger partial charge in [-0.25, -0.2) is 13.2 Å².